The maximum absolute atomic E-state index is 13.9. The number of H-pyrrole nitrogens is 1. The molecule has 2 aromatic carbocycles. The van der Waals surface area contributed by atoms with Crippen LogP contribution in [0.5, 0.6) is 5.75 Å². The third kappa shape index (κ3) is 9.66. The molecule has 0 aliphatic heterocycles. The molecule has 0 saturated heterocycles. The predicted octanol–water partition coefficient (Wildman–Crippen LogP) is 7.35. The number of nitrogens with one attached hydrogen (secondary N) is 1. The Labute approximate surface area is 232 Å². The SMILES string of the molecule is Cl.O=C(O)Cc1cccc(OCCCN(Cc2cccc(C(F)(F)F)c2Cl)C[C@@H](c2ccc[nH]2)C(F)(F)F)c1. The van der Waals surface area contributed by atoms with E-state index in [0.29, 0.717) is 11.3 Å². The molecule has 0 unspecified atom stereocenters. The monoisotopic (exact) mass is 598 g/mol. The van der Waals surface area contributed by atoms with E-state index in [2.05, 4.69) is 4.98 Å². The summed E-state index contributed by atoms with van der Waals surface area (Å²) in [4.78, 5) is 14.9. The number of aromatic amines is 1. The molecule has 0 spiro atoms. The molecule has 0 radical (unpaired) electrons. The summed E-state index contributed by atoms with van der Waals surface area (Å²) in [6, 6.07) is 12.5. The van der Waals surface area contributed by atoms with Gasteiger partial charge in [0.2, 0.25) is 0 Å². The van der Waals surface area contributed by atoms with Crippen LogP contribution in [0.1, 0.15) is 34.7 Å². The Morgan fingerprint density at radius 3 is 2.38 bits per heavy atom. The number of carbonyl (C=O) groups is 1. The summed E-state index contributed by atoms with van der Waals surface area (Å²) in [5, 5.41) is 8.38. The van der Waals surface area contributed by atoms with Crippen molar-refractivity contribution in [3.05, 3.63) is 88.2 Å². The fourth-order valence-corrected chi connectivity index (χ4v) is 4.28. The third-order valence-corrected chi connectivity index (χ3v) is 6.20. The van der Waals surface area contributed by atoms with Gasteiger partial charge in [-0.2, -0.15) is 26.3 Å². The summed E-state index contributed by atoms with van der Waals surface area (Å²) in [6.07, 6.45) is -7.90. The first-order valence-corrected chi connectivity index (χ1v) is 11.9. The average molecular weight is 599 g/mol. The molecule has 0 bridgehead atoms. The van der Waals surface area contributed by atoms with Crippen LogP contribution in [0.4, 0.5) is 26.3 Å². The van der Waals surface area contributed by atoms with Gasteiger partial charge in [-0.3, -0.25) is 9.69 Å². The van der Waals surface area contributed by atoms with Crippen molar-refractivity contribution in [3.63, 3.8) is 0 Å². The second kappa shape index (κ2) is 14.0. The summed E-state index contributed by atoms with van der Waals surface area (Å²) in [5.74, 6) is -2.51. The Morgan fingerprint density at radius 2 is 1.77 bits per heavy atom. The second-order valence-corrected chi connectivity index (χ2v) is 9.03. The summed E-state index contributed by atoms with van der Waals surface area (Å²) >= 11 is 6.01. The van der Waals surface area contributed by atoms with Gasteiger partial charge in [0.15, 0.2) is 0 Å². The predicted molar refractivity (Wildman–Crippen MR) is 136 cm³/mol. The molecule has 0 aliphatic carbocycles. The van der Waals surface area contributed by atoms with Crippen molar-refractivity contribution in [3.8, 4) is 5.75 Å². The van der Waals surface area contributed by atoms with E-state index in [1.54, 1.807) is 24.3 Å². The number of nitrogens with zero attached hydrogens (tertiary/aromatic N) is 1. The first kappa shape index (κ1) is 32.3. The molecule has 0 aliphatic rings. The van der Waals surface area contributed by atoms with Gasteiger partial charge in [0.25, 0.3) is 0 Å². The first-order chi connectivity index (χ1) is 17.8. The van der Waals surface area contributed by atoms with E-state index in [1.807, 2.05) is 0 Å². The van der Waals surface area contributed by atoms with Crippen LogP contribution in [0.3, 0.4) is 0 Å². The lowest BCUT2D eigenvalue weighted by atomic mass is 10.0. The Bertz CT molecular complexity index is 1200. The maximum atomic E-state index is 13.9. The second-order valence-electron chi connectivity index (χ2n) is 8.65. The molecule has 2 N–H and O–H groups in total. The highest BCUT2D eigenvalue weighted by atomic mass is 35.5. The number of hydrogen-bond donors (Lipinski definition) is 2. The molecule has 39 heavy (non-hydrogen) atoms. The minimum Gasteiger partial charge on any atom is -0.494 e. The normalized spacial score (nSPS) is 12.7. The van der Waals surface area contributed by atoms with E-state index in [9.17, 15) is 31.1 Å². The van der Waals surface area contributed by atoms with Gasteiger partial charge in [0.05, 0.1) is 23.6 Å². The molecule has 13 heteroatoms. The highest BCUT2D eigenvalue weighted by Crippen LogP contribution is 2.38. The van der Waals surface area contributed by atoms with Gasteiger partial charge in [0.1, 0.15) is 11.7 Å². The number of aromatic nitrogens is 1. The van der Waals surface area contributed by atoms with Gasteiger partial charge in [0, 0.05) is 31.5 Å². The molecule has 1 heterocycles. The number of carboxylic acids is 1. The van der Waals surface area contributed by atoms with Crippen LogP contribution in [0, 0.1) is 0 Å². The molecule has 3 rings (SSSR count). The molecule has 0 amide bonds. The van der Waals surface area contributed by atoms with E-state index < -0.39 is 41.4 Å². The molecule has 1 aromatic heterocycles. The zero-order valence-electron chi connectivity index (χ0n) is 20.4. The summed E-state index contributed by atoms with van der Waals surface area (Å²) in [5.41, 5.74) is -0.548. The van der Waals surface area contributed by atoms with Gasteiger partial charge in [-0.15, -0.1) is 12.4 Å². The highest BCUT2D eigenvalue weighted by Gasteiger charge is 2.42. The number of halogens is 8. The topological polar surface area (TPSA) is 65.6 Å². The van der Waals surface area contributed by atoms with E-state index in [-0.39, 0.29) is 56.2 Å². The van der Waals surface area contributed by atoms with Crippen LogP contribution in [0.2, 0.25) is 5.02 Å². The van der Waals surface area contributed by atoms with Crippen LogP contribution in [-0.2, 0) is 23.9 Å². The lowest BCUT2D eigenvalue weighted by molar-refractivity contribution is -0.155. The molecule has 0 fully saturated rings. The average Bonchev–Trinajstić information content (AvgIpc) is 3.34. The highest BCUT2D eigenvalue weighted by molar-refractivity contribution is 6.32. The Kier molecular flexibility index (Phi) is 11.6. The largest absolute Gasteiger partial charge is 0.494 e. The van der Waals surface area contributed by atoms with Gasteiger partial charge >= 0.3 is 18.3 Å². The van der Waals surface area contributed by atoms with Crippen molar-refractivity contribution in [2.75, 3.05) is 19.7 Å². The minimum absolute atomic E-state index is 0. The van der Waals surface area contributed by atoms with Crippen LogP contribution in [0.25, 0.3) is 0 Å². The first-order valence-electron chi connectivity index (χ1n) is 11.5. The lowest BCUT2D eigenvalue weighted by Gasteiger charge is -2.29. The smallest absolute Gasteiger partial charge is 0.417 e. The number of rotatable bonds is 12. The molecule has 3 aromatic rings. The number of carboxylic acid groups (broad SMARTS) is 1. The van der Waals surface area contributed by atoms with E-state index in [0.717, 1.165) is 6.07 Å². The van der Waals surface area contributed by atoms with Crippen LogP contribution >= 0.6 is 24.0 Å². The summed E-state index contributed by atoms with van der Waals surface area (Å²) in [6.45, 7) is -0.619. The van der Waals surface area contributed by atoms with E-state index in [4.69, 9.17) is 21.4 Å². The summed E-state index contributed by atoms with van der Waals surface area (Å²) in [7, 11) is 0. The number of benzene rings is 2. The third-order valence-electron chi connectivity index (χ3n) is 5.75. The fourth-order valence-electron chi connectivity index (χ4n) is 3.99. The molecule has 0 saturated carbocycles. The number of ether oxygens (including phenoxy) is 1. The lowest BCUT2D eigenvalue weighted by Crippen LogP contribution is -2.36. The van der Waals surface area contributed by atoms with Crippen LogP contribution in [0.15, 0.2) is 60.8 Å². The maximum Gasteiger partial charge on any atom is 0.417 e. The van der Waals surface area contributed by atoms with Gasteiger partial charge in [-0.05, 0) is 47.9 Å². The number of alkyl halides is 6. The van der Waals surface area contributed by atoms with Crippen molar-refractivity contribution in [2.45, 2.75) is 37.7 Å². The number of aliphatic carboxylic acids is 1. The van der Waals surface area contributed by atoms with Crippen molar-refractivity contribution in [1.29, 1.82) is 0 Å². The van der Waals surface area contributed by atoms with Crippen molar-refractivity contribution in [1.82, 2.24) is 9.88 Å². The molecular formula is C26H26Cl2F6N2O3. The van der Waals surface area contributed by atoms with Crippen LogP contribution < -0.4 is 4.74 Å². The fraction of sp³-hybridized carbons (Fsp3) is 0.346. The van der Waals surface area contributed by atoms with Gasteiger partial charge in [-0.25, -0.2) is 0 Å². The van der Waals surface area contributed by atoms with Crippen molar-refractivity contribution >= 4 is 30.0 Å². The van der Waals surface area contributed by atoms with Crippen molar-refractivity contribution in [2.24, 2.45) is 0 Å². The molecule has 214 valence electrons. The van der Waals surface area contributed by atoms with Crippen molar-refractivity contribution < 1.29 is 41.0 Å². The standard InChI is InChI=1S/C26H25ClF6N2O3.ClH/c27-24-18(6-2-8-20(24)25(28,29)30)15-35(16-21(26(31,32)33)22-9-3-10-34-22)11-4-12-38-19-7-1-5-17(13-19)14-23(36)37;/h1-3,5-10,13,21,34H,4,11-12,14-16H2,(H,36,37);1H/t21-;/m0./s1. The zero-order chi connectivity index (χ0) is 27.9. The Hall–Kier alpha value is -2.89. The molecule has 5 nitrogen and oxygen atoms in total. The minimum atomic E-state index is -4.71. The van der Waals surface area contributed by atoms with Crippen LogP contribution in [-0.4, -0.2) is 46.8 Å². The van der Waals surface area contributed by atoms with E-state index >= 15 is 0 Å². The zero-order valence-corrected chi connectivity index (χ0v) is 21.9. The Balaban J connectivity index is 0.00000533. The Morgan fingerprint density at radius 1 is 1.05 bits per heavy atom. The summed E-state index contributed by atoms with van der Waals surface area (Å²) < 4.78 is 87.4. The van der Waals surface area contributed by atoms with Gasteiger partial charge in [-0.1, -0.05) is 35.9 Å². The molecule has 1 atom stereocenters. The number of hydrogen-bond acceptors (Lipinski definition) is 3. The van der Waals surface area contributed by atoms with Gasteiger partial charge < -0.3 is 14.8 Å². The quantitative estimate of drug-likeness (QED) is 0.169. The molecular weight excluding hydrogens is 573 g/mol. The van der Waals surface area contributed by atoms with E-state index in [1.165, 1.54) is 35.4 Å².